The number of hydrogen-bond acceptors (Lipinski definition) is 4. The topological polar surface area (TPSA) is 58.7 Å². The van der Waals surface area contributed by atoms with Gasteiger partial charge in [0.2, 0.25) is 0 Å². The van der Waals surface area contributed by atoms with Crippen molar-refractivity contribution in [1.82, 2.24) is 0 Å². The summed E-state index contributed by atoms with van der Waals surface area (Å²) in [5, 5.41) is 16.5. The van der Waals surface area contributed by atoms with Crippen LogP contribution in [0, 0.1) is 10.1 Å². The van der Waals surface area contributed by atoms with Gasteiger partial charge in [-0.1, -0.05) is 0 Å². The van der Waals surface area contributed by atoms with Crippen LogP contribution in [-0.2, 0) is 0 Å². The zero-order valence-corrected chi connectivity index (χ0v) is 8.17. The molecular formula is C10H11N3O2. The number of nitrogens with zero attached hydrogens (tertiary/aromatic N) is 3. The molecule has 1 aliphatic heterocycles. The maximum Gasteiger partial charge on any atom is 0.269 e. The lowest BCUT2D eigenvalue weighted by atomic mass is 10.2. The van der Waals surface area contributed by atoms with Crippen LogP contribution in [0.4, 0.5) is 11.4 Å². The molecule has 0 unspecified atom stereocenters. The van der Waals surface area contributed by atoms with E-state index in [-0.39, 0.29) is 5.69 Å². The van der Waals surface area contributed by atoms with Crippen molar-refractivity contribution in [1.29, 1.82) is 0 Å². The van der Waals surface area contributed by atoms with Gasteiger partial charge in [-0.05, 0) is 25.0 Å². The van der Waals surface area contributed by atoms with Gasteiger partial charge in [-0.2, -0.15) is 5.10 Å². The first-order valence-electron chi connectivity index (χ1n) is 4.82. The number of benzene rings is 1. The average Bonchev–Trinajstić information content (AvgIpc) is 2.30. The largest absolute Gasteiger partial charge is 0.269 e. The van der Waals surface area contributed by atoms with Gasteiger partial charge in [-0.3, -0.25) is 15.1 Å². The number of hydrogen-bond donors (Lipinski definition) is 0. The van der Waals surface area contributed by atoms with Crippen LogP contribution in [-0.4, -0.2) is 17.7 Å². The van der Waals surface area contributed by atoms with Crippen molar-refractivity contribution in [3.05, 3.63) is 34.4 Å². The molecule has 5 heteroatoms. The van der Waals surface area contributed by atoms with Crippen LogP contribution >= 0.6 is 0 Å². The highest BCUT2D eigenvalue weighted by molar-refractivity contribution is 5.62. The summed E-state index contributed by atoms with van der Waals surface area (Å²) in [6.07, 6.45) is 3.94. The molecule has 0 saturated carbocycles. The van der Waals surface area contributed by atoms with Gasteiger partial charge in [0.1, 0.15) is 0 Å². The minimum absolute atomic E-state index is 0.111. The molecule has 0 aliphatic carbocycles. The monoisotopic (exact) mass is 205 g/mol. The van der Waals surface area contributed by atoms with E-state index in [1.165, 1.54) is 12.1 Å². The summed E-state index contributed by atoms with van der Waals surface area (Å²) in [5.74, 6) is 0. The Morgan fingerprint density at radius 2 is 2.07 bits per heavy atom. The number of nitro groups is 1. The summed E-state index contributed by atoms with van der Waals surface area (Å²) in [4.78, 5) is 10.1. The number of non-ortho nitro benzene ring substituents is 1. The fourth-order valence-corrected chi connectivity index (χ4v) is 1.49. The summed E-state index contributed by atoms with van der Waals surface area (Å²) < 4.78 is 0. The predicted molar refractivity (Wildman–Crippen MR) is 58.2 cm³/mol. The van der Waals surface area contributed by atoms with Crippen molar-refractivity contribution in [3.63, 3.8) is 0 Å². The van der Waals surface area contributed by atoms with E-state index in [0.29, 0.717) is 0 Å². The van der Waals surface area contributed by atoms with E-state index in [1.54, 1.807) is 12.1 Å². The molecule has 78 valence electrons. The highest BCUT2D eigenvalue weighted by atomic mass is 16.6. The van der Waals surface area contributed by atoms with Crippen LogP contribution in [0.25, 0.3) is 0 Å². The predicted octanol–water partition coefficient (Wildman–Crippen LogP) is 2.18. The molecule has 0 fully saturated rings. The molecule has 0 radical (unpaired) electrons. The van der Waals surface area contributed by atoms with Crippen molar-refractivity contribution in [2.24, 2.45) is 5.10 Å². The van der Waals surface area contributed by atoms with Gasteiger partial charge in [0.05, 0.1) is 10.6 Å². The fourth-order valence-electron chi connectivity index (χ4n) is 1.49. The molecule has 0 N–H and O–H groups in total. The first kappa shape index (κ1) is 9.64. The standard InChI is InChI=1S/C10H11N3O2/c14-13(15)10-5-3-9(4-6-10)12-8-2-1-7-11-12/h3-7H,1-2,8H2. The second-order valence-corrected chi connectivity index (χ2v) is 3.34. The molecule has 0 atom stereocenters. The number of anilines is 1. The molecule has 1 aromatic carbocycles. The second-order valence-electron chi connectivity index (χ2n) is 3.34. The molecule has 15 heavy (non-hydrogen) atoms. The zero-order chi connectivity index (χ0) is 10.7. The van der Waals surface area contributed by atoms with Gasteiger partial charge in [0, 0.05) is 24.9 Å². The minimum atomic E-state index is -0.400. The van der Waals surface area contributed by atoms with Crippen LogP contribution in [0.2, 0.25) is 0 Å². The lowest BCUT2D eigenvalue weighted by Gasteiger charge is -2.21. The fraction of sp³-hybridized carbons (Fsp3) is 0.300. The molecule has 0 saturated heterocycles. The van der Waals surface area contributed by atoms with Gasteiger partial charge in [0.15, 0.2) is 0 Å². The highest BCUT2D eigenvalue weighted by Gasteiger charge is 2.09. The number of rotatable bonds is 2. The van der Waals surface area contributed by atoms with E-state index < -0.39 is 4.92 Å². The Balaban J connectivity index is 2.19. The van der Waals surface area contributed by atoms with Crippen LogP contribution in [0.3, 0.4) is 0 Å². The third kappa shape index (κ3) is 2.12. The summed E-state index contributed by atoms with van der Waals surface area (Å²) in [5.41, 5.74) is 1.01. The molecule has 0 aromatic heterocycles. The van der Waals surface area contributed by atoms with E-state index in [1.807, 2.05) is 11.2 Å². The Kier molecular flexibility index (Phi) is 2.62. The third-order valence-electron chi connectivity index (χ3n) is 2.28. The SMILES string of the molecule is O=[N+]([O-])c1ccc(N2CCCC=N2)cc1. The third-order valence-corrected chi connectivity index (χ3v) is 2.28. The molecule has 0 bridgehead atoms. The number of nitro benzene ring substituents is 1. The van der Waals surface area contributed by atoms with Crippen LogP contribution in [0.5, 0.6) is 0 Å². The van der Waals surface area contributed by atoms with Gasteiger partial charge in [-0.25, -0.2) is 0 Å². The van der Waals surface area contributed by atoms with Gasteiger partial charge >= 0.3 is 0 Å². The first-order valence-corrected chi connectivity index (χ1v) is 4.82. The van der Waals surface area contributed by atoms with E-state index in [9.17, 15) is 10.1 Å². The van der Waals surface area contributed by atoms with Crippen LogP contribution in [0.1, 0.15) is 12.8 Å². The normalized spacial score (nSPS) is 15.3. The lowest BCUT2D eigenvalue weighted by molar-refractivity contribution is -0.384. The summed E-state index contributed by atoms with van der Waals surface area (Å²) in [7, 11) is 0. The summed E-state index contributed by atoms with van der Waals surface area (Å²) in [6, 6.07) is 6.44. The van der Waals surface area contributed by atoms with Crippen LogP contribution in [0.15, 0.2) is 29.4 Å². The Hall–Kier alpha value is -1.91. The van der Waals surface area contributed by atoms with Crippen LogP contribution < -0.4 is 5.01 Å². The maximum absolute atomic E-state index is 10.5. The molecule has 1 aliphatic rings. The molecule has 0 spiro atoms. The van der Waals surface area contributed by atoms with E-state index >= 15 is 0 Å². The first-order chi connectivity index (χ1) is 7.27. The van der Waals surface area contributed by atoms with Crippen molar-refractivity contribution >= 4 is 17.6 Å². The van der Waals surface area contributed by atoms with Crippen molar-refractivity contribution in [2.75, 3.05) is 11.6 Å². The van der Waals surface area contributed by atoms with Crippen molar-refractivity contribution in [3.8, 4) is 0 Å². The Morgan fingerprint density at radius 3 is 2.60 bits per heavy atom. The molecule has 1 heterocycles. The van der Waals surface area contributed by atoms with Crippen molar-refractivity contribution < 1.29 is 4.92 Å². The smallest absolute Gasteiger partial charge is 0.266 e. The Bertz CT molecular complexity index is 386. The quantitative estimate of drug-likeness (QED) is 0.549. The van der Waals surface area contributed by atoms with E-state index in [2.05, 4.69) is 5.10 Å². The zero-order valence-electron chi connectivity index (χ0n) is 8.17. The van der Waals surface area contributed by atoms with Crippen molar-refractivity contribution in [2.45, 2.75) is 12.8 Å². The van der Waals surface area contributed by atoms with Gasteiger partial charge in [0.25, 0.3) is 5.69 Å². The van der Waals surface area contributed by atoms with Gasteiger partial charge in [-0.15, -0.1) is 0 Å². The molecule has 2 rings (SSSR count). The minimum Gasteiger partial charge on any atom is -0.266 e. The average molecular weight is 205 g/mol. The highest BCUT2D eigenvalue weighted by Crippen LogP contribution is 2.20. The molecule has 5 nitrogen and oxygen atoms in total. The summed E-state index contributed by atoms with van der Waals surface area (Å²) >= 11 is 0. The lowest BCUT2D eigenvalue weighted by Crippen LogP contribution is -2.21. The second kappa shape index (κ2) is 4.08. The maximum atomic E-state index is 10.5. The van der Waals surface area contributed by atoms with Gasteiger partial charge < -0.3 is 0 Å². The van der Waals surface area contributed by atoms with E-state index in [0.717, 1.165) is 25.1 Å². The summed E-state index contributed by atoms with van der Waals surface area (Å²) in [6.45, 7) is 0.869. The number of hydrazone groups is 1. The molecular weight excluding hydrogens is 194 g/mol. The Labute approximate surface area is 87.2 Å². The molecule has 1 aromatic rings. The molecule has 0 amide bonds. The van der Waals surface area contributed by atoms with E-state index in [4.69, 9.17) is 0 Å². The Morgan fingerprint density at radius 1 is 1.33 bits per heavy atom.